The smallest absolute Gasteiger partial charge is 0.0984 e. The maximum atomic E-state index is 11.1. The predicted molar refractivity (Wildman–Crippen MR) is 28.4 cm³/mol. The Bertz CT molecular complexity index is 19.5. The number of halogens is 1. The standard InChI is InChI=1S/C4H8FS/c1-2-6-4-3-5/h2H,3-4H2,1H3. The summed E-state index contributed by atoms with van der Waals surface area (Å²) in [5.41, 5.74) is 0. The molecule has 0 spiro atoms. The first-order valence-electron chi connectivity index (χ1n) is 1.87. The molecule has 0 aromatic carbocycles. The molecule has 2 heteroatoms. The van der Waals surface area contributed by atoms with Gasteiger partial charge in [0.25, 0.3) is 0 Å². The summed E-state index contributed by atoms with van der Waals surface area (Å²) in [5.74, 6) is 2.50. The molecule has 0 heterocycles. The summed E-state index contributed by atoms with van der Waals surface area (Å²) in [6.45, 7) is 1.69. The number of hydrogen-bond donors (Lipinski definition) is 0. The summed E-state index contributed by atoms with van der Waals surface area (Å²) in [7, 11) is 0. The molecule has 0 N–H and O–H groups in total. The molecule has 0 rings (SSSR count). The Morgan fingerprint density at radius 3 is 2.67 bits per heavy atom. The monoisotopic (exact) mass is 107 g/mol. The molecule has 0 aliphatic carbocycles. The maximum absolute atomic E-state index is 11.1. The van der Waals surface area contributed by atoms with Gasteiger partial charge in [0.2, 0.25) is 0 Å². The molecule has 0 aliphatic heterocycles. The number of hydrogen-bond acceptors (Lipinski definition) is 1. The van der Waals surface area contributed by atoms with Gasteiger partial charge in [-0.1, -0.05) is 6.92 Å². The van der Waals surface area contributed by atoms with E-state index in [1.807, 2.05) is 12.7 Å². The van der Waals surface area contributed by atoms with Gasteiger partial charge in [-0.25, -0.2) is 0 Å². The van der Waals surface area contributed by atoms with Crippen molar-refractivity contribution in [3.63, 3.8) is 0 Å². The van der Waals surface area contributed by atoms with Gasteiger partial charge in [0.1, 0.15) is 0 Å². The molecule has 0 aromatic rings. The fourth-order valence-electron chi connectivity index (χ4n) is 0.162. The van der Waals surface area contributed by atoms with E-state index >= 15 is 0 Å². The molecule has 37 valence electrons. The van der Waals surface area contributed by atoms with Crippen molar-refractivity contribution in [3.05, 3.63) is 5.75 Å². The molecule has 0 bridgehead atoms. The lowest BCUT2D eigenvalue weighted by Crippen LogP contribution is -1.74. The van der Waals surface area contributed by atoms with Crippen molar-refractivity contribution in [1.29, 1.82) is 0 Å². The van der Waals surface area contributed by atoms with Crippen molar-refractivity contribution in [1.82, 2.24) is 0 Å². The molecule has 0 amide bonds. The Kier molecular flexibility index (Phi) is 5.53. The summed E-state index contributed by atoms with van der Waals surface area (Å²) in [6.07, 6.45) is 0. The summed E-state index contributed by atoms with van der Waals surface area (Å²) >= 11 is 1.51. The van der Waals surface area contributed by atoms with Crippen LogP contribution in [0.2, 0.25) is 0 Å². The van der Waals surface area contributed by atoms with Gasteiger partial charge < -0.3 is 0 Å². The molecular formula is C4H8FS. The van der Waals surface area contributed by atoms with Crippen molar-refractivity contribution < 1.29 is 4.39 Å². The Labute approximate surface area is 42.1 Å². The highest BCUT2D eigenvalue weighted by Crippen LogP contribution is 2.01. The minimum Gasteiger partial charge on any atom is -0.250 e. The van der Waals surface area contributed by atoms with E-state index in [2.05, 4.69) is 0 Å². The summed E-state index contributed by atoms with van der Waals surface area (Å²) < 4.78 is 11.1. The van der Waals surface area contributed by atoms with Crippen molar-refractivity contribution in [3.8, 4) is 0 Å². The van der Waals surface area contributed by atoms with Crippen LogP contribution in [0, 0.1) is 5.75 Å². The second-order valence-corrected chi connectivity index (χ2v) is 2.01. The Balaban J connectivity index is 2.34. The maximum Gasteiger partial charge on any atom is 0.0984 e. The first-order chi connectivity index (χ1) is 2.91. The van der Waals surface area contributed by atoms with Crippen LogP contribution in [0.5, 0.6) is 0 Å². The predicted octanol–water partition coefficient (Wildman–Crippen LogP) is 1.87. The summed E-state index contributed by atoms with van der Waals surface area (Å²) in [6, 6.07) is 0. The molecule has 0 saturated carbocycles. The topological polar surface area (TPSA) is 0 Å². The number of thioether (sulfide) groups is 1. The number of rotatable bonds is 3. The Hall–Kier alpha value is 0.280. The van der Waals surface area contributed by atoms with Crippen LogP contribution in [0.4, 0.5) is 4.39 Å². The van der Waals surface area contributed by atoms with Gasteiger partial charge in [-0.05, 0) is 0 Å². The van der Waals surface area contributed by atoms with Crippen molar-refractivity contribution >= 4 is 11.8 Å². The van der Waals surface area contributed by atoms with Crippen molar-refractivity contribution in [2.45, 2.75) is 6.92 Å². The third kappa shape index (κ3) is 4.28. The quantitative estimate of drug-likeness (QED) is 0.496. The van der Waals surface area contributed by atoms with Crippen LogP contribution in [0.25, 0.3) is 0 Å². The van der Waals surface area contributed by atoms with E-state index in [9.17, 15) is 4.39 Å². The van der Waals surface area contributed by atoms with Gasteiger partial charge in [0, 0.05) is 11.5 Å². The van der Waals surface area contributed by atoms with Gasteiger partial charge in [0.05, 0.1) is 6.67 Å². The molecular weight excluding hydrogens is 99.1 g/mol. The zero-order valence-corrected chi connectivity index (χ0v) is 4.59. The Morgan fingerprint density at radius 2 is 2.50 bits per heavy atom. The zero-order valence-electron chi connectivity index (χ0n) is 3.78. The lowest BCUT2D eigenvalue weighted by atomic mass is 10.9. The lowest BCUT2D eigenvalue weighted by molar-refractivity contribution is 0.533. The molecule has 0 aliphatic rings. The molecule has 1 radical (unpaired) electrons. The average molecular weight is 107 g/mol. The van der Waals surface area contributed by atoms with Crippen LogP contribution in [0.3, 0.4) is 0 Å². The summed E-state index contributed by atoms with van der Waals surface area (Å²) in [5, 5.41) is 0. The highest BCUT2D eigenvalue weighted by molar-refractivity contribution is 8.01. The molecule has 0 fully saturated rings. The molecule has 0 saturated heterocycles. The fraction of sp³-hybridized carbons (Fsp3) is 0.750. The first kappa shape index (κ1) is 6.28. The molecule has 6 heavy (non-hydrogen) atoms. The zero-order chi connectivity index (χ0) is 4.83. The largest absolute Gasteiger partial charge is 0.250 e. The van der Waals surface area contributed by atoms with E-state index in [-0.39, 0.29) is 6.67 Å². The van der Waals surface area contributed by atoms with E-state index in [1.165, 1.54) is 11.8 Å². The fourth-order valence-corrected chi connectivity index (χ4v) is 0.487. The molecule has 0 unspecified atom stereocenters. The van der Waals surface area contributed by atoms with Crippen molar-refractivity contribution in [2.24, 2.45) is 0 Å². The average Bonchev–Trinajstić information content (AvgIpc) is 1.61. The van der Waals surface area contributed by atoms with Gasteiger partial charge in [-0.3, -0.25) is 4.39 Å². The van der Waals surface area contributed by atoms with Crippen LogP contribution in [0.1, 0.15) is 6.92 Å². The number of alkyl halides is 1. The highest BCUT2D eigenvalue weighted by Gasteiger charge is 1.78. The van der Waals surface area contributed by atoms with Crippen LogP contribution in [0.15, 0.2) is 0 Å². The molecule has 0 nitrogen and oxygen atoms in total. The van der Waals surface area contributed by atoms with E-state index < -0.39 is 0 Å². The minimum atomic E-state index is -0.213. The third-order valence-electron chi connectivity index (χ3n) is 0.362. The normalized spacial score (nSPS) is 9.00. The van der Waals surface area contributed by atoms with E-state index in [4.69, 9.17) is 0 Å². The van der Waals surface area contributed by atoms with E-state index in [0.29, 0.717) is 5.75 Å². The highest BCUT2D eigenvalue weighted by atomic mass is 32.2. The van der Waals surface area contributed by atoms with Gasteiger partial charge in [0.15, 0.2) is 0 Å². The van der Waals surface area contributed by atoms with Gasteiger partial charge >= 0.3 is 0 Å². The van der Waals surface area contributed by atoms with Crippen LogP contribution in [-0.2, 0) is 0 Å². The van der Waals surface area contributed by atoms with Crippen LogP contribution >= 0.6 is 11.8 Å². The lowest BCUT2D eigenvalue weighted by Gasteiger charge is -1.84. The second kappa shape index (κ2) is 5.28. The van der Waals surface area contributed by atoms with Crippen LogP contribution < -0.4 is 0 Å². The Morgan fingerprint density at radius 1 is 1.83 bits per heavy atom. The first-order valence-corrected chi connectivity index (χ1v) is 2.92. The molecule has 0 atom stereocenters. The van der Waals surface area contributed by atoms with E-state index in [0.717, 1.165) is 0 Å². The van der Waals surface area contributed by atoms with Crippen LogP contribution in [-0.4, -0.2) is 12.4 Å². The van der Waals surface area contributed by atoms with Gasteiger partial charge in [-0.15, -0.1) is 0 Å². The summed E-state index contributed by atoms with van der Waals surface area (Å²) in [4.78, 5) is 0. The second-order valence-electron chi connectivity index (χ2n) is 0.795. The minimum absolute atomic E-state index is 0.213. The SMILES string of the molecule is C[CH]SCCF. The molecule has 0 aromatic heterocycles. The third-order valence-corrected chi connectivity index (χ3v) is 1.09. The van der Waals surface area contributed by atoms with Crippen molar-refractivity contribution in [2.75, 3.05) is 12.4 Å². The van der Waals surface area contributed by atoms with Gasteiger partial charge in [-0.2, -0.15) is 11.8 Å². The van der Waals surface area contributed by atoms with E-state index in [1.54, 1.807) is 0 Å².